The fourth-order valence-corrected chi connectivity index (χ4v) is 1.87. The monoisotopic (exact) mass is 272 g/mol. The van der Waals surface area contributed by atoms with Gasteiger partial charge in [-0.2, -0.15) is 0 Å². The molecule has 4 heteroatoms. The molecule has 0 saturated heterocycles. The maximum atomic E-state index is 5.40. The van der Waals surface area contributed by atoms with Crippen LogP contribution in [0.3, 0.4) is 0 Å². The molecule has 0 radical (unpaired) electrons. The highest BCUT2D eigenvalue weighted by Gasteiger charge is 2.01. The van der Waals surface area contributed by atoms with Gasteiger partial charge in [0.15, 0.2) is 0 Å². The minimum absolute atomic E-state index is 0. The van der Waals surface area contributed by atoms with Crippen molar-refractivity contribution in [3.8, 4) is 0 Å². The molecule has 74 valence electrons. The summed E-state index contributed by atoms with van der Waals surface area (Å²) in [6, 6.07) is 12.0. The van der Waals surface area contributed by atoms with Crippen LogP contribution in [0.25, 0.3) is 10.8 Å². The number of hydrogen-bond donors (Lipinski definition) is 2. The predicted molar refractivity (Wildman–Crippen MR) is 66.7 cm³/mol. The first kappa shape index (κ1) is 11.3. The molecule has 14 heavy (non-hydrogen) atoms. The molecular weight excluding hydrogens is 263 g/mol. The van der Waals surface area contributed by atoms with Gasteiger partial charge >= 0.3 is 0 Å². The van der Waals surface area contributed by atoms with E-state index in [4.69, 9.17) is 5.84 Å². The lowest BCUT2D eigenvalue weighted by Crippen LogP contribution is -2.06. The SMILES string of the molecule is Cl.NNc1ccc(Br)c2ccccc12. The second-order valence-corrected chi connectivity index (χ2v) is 3.64. The summed E-state index contributed by atoms with van der Waals surface area (Å²) < 4.78 is 1.09. The molecule has 2 aromatic rings. The first-order valence-electron chi connectivity index (χ1n) is 3.97. The summed E-state index contributed by atoms with van der Waals surface area (Å²) in [5.41, 5.74) is 3.62. The second-order valence-electron chi connectivity index (χ2n) is 2.78. The quantitative estimate of drug-likeness (QED) is 0.618. The third-order valence-corrected chi connectivity index (χ3v) is 2.72. The van der Waals surface area contributed by atoms with Crippen LogP contribution in [-0.2, 0) is 0 Å². The molecule has 2 aromatic carbocycles. The summed E-state index contributed by atoms with van der Waals surface area (Å²) in [5.74, 6) is 5.40. The molecule has 2 nitrogen and oxygen atoms in total. The summed E-state index contributed by atoms with van der Waals surface area (Å²) in [5, 5.41) is 2.29. The number of halogens is 2. The van der Waals surface area contributed by atoms with Crippen molar-refractivity contribution in [3.05, 3.63) is 40.9 Å². The zero-order valence-electron chi connectivity index (χ0n) is 7.33. The van der Waals surface area contributed by atoms with E-state index in [2.05, 4.69) is 27.4 Å². The van der Waals surface area contributed by atoms with Gasteiger partial charge in [0.05, 0.1) is 5.69 Å². The number of benzene rings is 2. The Bertz CT molecular complexity index is 445. The molecule has 0 atom stereocenters. The maximum absolute atomic E-state index is 5.40. The van der Waals surface area contributed by atoms with Crippen LogP contribution < -0.4 is 11.3 Å². The molecule has 0 bridgehead atoms. The van der Waals surface area contributed by atoms with Crippen LogP contribution in [0.15, 0.2) is 40.9 Å². The van der Waals surface area contributed by atoms with Gasteiger partial charge in [0, 0.05) is 9.86 Å². The molecule has 0 heterocycles. The Morgan fingerprint density at radius 2 is 1.64 bits per heavy atom. The minimum Gasteiger partial charge on any atom is -0.324 e. The van der Waals surface area contributed by atoms with Crippen molar-refractivity contribution in [2.45, 2.75) is 0 Å². The largest absolute Gasteiger partial charge is 0.324 e. The Kier molecular flexibility index (Phi) is 3.75. The highest BCUT2D eigenvalue weighted by Crippen LogP contribution is 2.29. The first-order chi connectivity index (χ1) is 6.33. The van der Waals surface area contributed by atoms with Crippen LogP contribution in [0, 0.1) is 0 Å². The van der Waals surface area contributed by atoms with Gasteiger partial charge in [0.1, 0.15) is 0 Å². The van der Waals surface area contributed by atoms with Crippen LogP contribution in [0.4, 0.5) is 5.69 Å². The van der Waals surface area contributed by atoms with Gasteiger partial charge in [-0.25, -0.2) is 0 Å². The fraction of sp³-hybridized carbons (Fsp3) is 0. The van der Waals surface area contributed by atoms with Gasteiger partial charge < -0.3 is 5.43 Å². The van der Waals surface area contributed by atoms with E-state index in [1.54, 1.807) is 0 Å². The molecular formula is C10H10BrClN2. The van der Waals surface area contributed by atoms with Crippen molar-refractivity contribution in [2.24, 2.45) is 5.84 Å². The summed E-state index contributed by atoms with van der Waals surface area (Å²) in [6.07, 6.45) is 0. The average molecular weight is 274 g/mol. The van der Waals surface area contributed by atoms with Gasteiger partial charge in [-0.05, 0) is 17.5 Å². The van der Waals surface area contributed by atoms with Gasteiger partial charge in [-0.3, -0.25) is 5.84 Å². The standard InChI is InChI=1S/C10H9BrN2.ClH/c11-9-5-6-10(13-12)8-4-2-1-3-7(8)9;/h1-6,13H,12H2;1H. The number of nitrogens with one attached hydrogen (secondary N) is 1. The van der Waals surface area contributed by atoms with E-state index < -0.39 is 0 Å². The van der Waals surface area contributed by atoms with Crippen molar-refractivity contribution in [2.75, 3.05) is 5.43 Å². The lowest BCUT2D eigenvalue weighted by Gasteiger charge is -2.06. The van der Waals surface area contributed by atoms with Crippen LogP contribution in [0.1, 0.15) is 0 Å². The van der Waals surface area contributed by atoms with Crippen LogP contribution in [-0.4, -0.2) is 0 Å². The van der Waals surface area contributed by atoms with E-state index in [0.29, 0.717) is 0 Å². The second kappa shape index (κ2) is 4.64. The Morgan fingerprint density at radius 1 is 1.00 bits per heavy atom. The molecule has 0 fully saturated rings. The lowest BCUT2D eigenvalue weighted by molar-refractivity contribution is 1.37. The molecule has 0 aliphatic heterocycles. The van der Waals surface area contributed by atoms with Crippen molar-refractivity contribution in [1.82, 2.24) is 0 Å². The molecule has 0 aromatic heterocycles. The minimum atomic E-state index is 0. The number of hydrazine groups is 1. The van der Waals surface area contributed by atoms with Gasteiger partial charge in [0.25, 0.3) is 0 Å². The van der Waals surface area contributed by atoms with Crippen molar-refractivity contribution in [1.29, 1.82) is 0 Å². The van der Waals surface area contributed by atoms with Gasteiger partial charge in [-0.15, -0.1) is 12.4 Å². The maximum Gasteiger partial charge on any atom is 0.0564 e. The van der Waals surface area contributed by atoms with Gasteiger partial charge in [0.2, 0.25) is 0 Å². The van der Waals surface area contributed by atoms with Crippen molar-refractivity contribution < 1.29 is 0 Å². The number of fused-ring (bicyclic) bond motifs is 1. The van der Waals surface area contributed by atoms with E-state index >= 15 is 0 Å². The zero-order valence-corrected chi connectivity index (χ0v) is 9.73. The van der Waals surface area contributed by atoms with Crippen LogP contribution in [0.5, 0.6) is 0 Å². The number of rotatable bonds is 1. The topological polar surface area (TPSA) is 38.0 Å². The Labute approximate surface area is 97.0 Å². The third-order valence-electron chi connectivity index (χ3n) is 2.03. The van der Waals surface area contributed by atoms with E-state index in [9.17, 15) is 0 Å². The van der Waals surface area contributed by atoms with E-state index in [1.165, 1.54) is 0 Å². The lowest BCUT2D eigenvalue weighted by atomic mass is 10.1. The highest BCUT2D eigenvalue weighted by atomic mass is 79.9. The van der Waals surface area contributed by atoms with E-state index in [1.807, 2.05) is 30.3 Å². The fourth-order valence-electron chi connectivity index (χ4n) is 1.39. The van der Waals surface area contributed by atoms with Crippen molar-refractivity contribution in [3.63, 3.8) is 0 Å². The Hall–Kier alpha value is -0.770. The average Bonchev–Trinajstić information content (AvgIpc) is 2.19. The van der Waals surface area contributed by atoms with E-state index in [-0.39, 0.29) is 12.4 Å². The molecule has 0 aliphatic carbocycles. The first-order valence-corrected chi connectivity index (χ1v) is 4.76. The number of anilines is 1. The molecule has 0 spiro atoms. The Morgan fingerprint density at radius 3 is 2.29 bits per heavy atom. The number of nitrogens with two attached hydrogens (primary N) is 1. The number of hydrogen-bond acceptors (Lipinski definition) is 2. The molecule has 0 unspecified atom stereocenters. The van der Waals surface area contributed by atoms with Gasteiger partial charge in [-0.1, -0.05) is 40.2 Å². The van der Waals surface area contributed by atoms with Crippen LogP contribution in [0.2, 0.25) is 0 Å². The smallest absolute Gasteiger partial charge is 0.0564 e. The third kappa shape index (κ3) is 1.85. The summed E-state index contributed by atoms with van der Waals surface area (Å²) >= 11 is 3.49. The Balaban J connectivity index is 0.000000980. The molecule has 0 aliphatic rings. The predicted octanol–water partition coefficient (Wildman–Crippen LogP) is 3.31. The number of nitrogen functional groups attached to an aromatic ring is 1. The molecule has 0 saturated carbocycles. The summed E-state index contributed by atoms with van der Waals surface area (Å²) in [4.78, 5) is 0. The summed E-state index contributed by atoms with van der Waals surface area (Å²) in [7, 11) is 0. The molecule has 0 amide bonds. The van der Waals surface area contributed by atoms with Crippen molar-refractivity contribution >= 4 is 44.8 Å². The normalized spacial score (nSPS) is 9.57. The highest BCUT2D eigenvalue weighted by molar-refractivity contribution is 9.10. The molecule has 3 N–H and O–H groups in total. The van der Waals surface area contributed by atoms with Crippen LogP contribution >= 0.6 is 28.3 Å². The molecule has 2 rings (SSSR count). The zero-order chi connectivity index (χ0) is 9.26. The summed E-state index contributed by atoms with van der Waals surface area (Å²) in [6.45, 7) is 0. The van der Waals surface area contributed by atoms with E-state index in [0.717, 1.165) is 20.9 Å².